The smallest absolute Gasteiger partial charge is 0.251 e. The molecule has 1 saturated carbocycles. The third-order valence-corrected chi connectivity index (χ3v) is 4.54. The van der Waals surface area contributed by atoms with Gasteiger partial charge in [0.25, 0.3) is 6.43 Å². The molecule has 1 heterocycles. The van der Waals surface area contributed by atoms with Gasteiger partial charge in [-0.15, -0.1) is 0 Å². The molecule has 4 heteroatoms. The second-order valence-corrected chi connectivity index (χ2v) is 5.98. The SMILES string of the molecule is CCCC1CNC2(CCCCC2)CN1CC(F)F. The zero-order valence-electron chi connectivity index (χ0n) is 11.4. The van der Waals surface area contributed by atoms with Gasteiger partial charge < -0.3 is 5.32 Å². The Hall–Kier alpha value is -0.220. The molecule has 2 rings (SSSR count). The molecular formula is C14H26F2N2. The van der Waals surface area contributed by atoms with Crippen molar-refractivity contribution in [2.45, 2.75) is 69.9 Å². The molecule has 2 aliphatic rings. The number of alkyl halides is 2. The molecule has 0 aromatic carbocycles. The number of rotatable bonds is 4. The zero-order chi connectivity index (χ0) is 13.0. The molecule has 2 fully saturated rings. The first-order valence-electron chi connectivity index (χ1n) is 7.42. The Morgan fingerprint density at radius 2 is 2.00 bits per heavy atom. The molecule has 1 aliphatic carbocycles. The monoisotopic (exact) mass is 260 g/mol. The van der Waals surface area contributed by atoms with Crippen LogP contribution in [0.5, 0.6) is 0 Å². The second kappa shape index (κ2) is 6.29. The molecule has 1 unspecified atom stereocenters. The van der Waals surface area contributed by atoms with Gasteiger partial charge in [0.05, 0.1) is 6.54 Å². The van der Waals surface area contributed by atoms with E-state index in [9.17, 15) is 8.78 Å². The fourth-order valence-electron chi connectivity index (χ4n) is 3.61. The van der Waals surface area contributed by atoms with E-state index in [2.05, 4.69) is 17.1 Å². The van der Waals surface area contributed by atoms with Crippen molar-refractivity contribution >= 4 is 0 Å². The average molecular weight is 260 g/mol. The Morgan fingerprint density at radius 1 is 1.28 bits per heavy atom. The van der Waals surface area contributed by atoms with E-state index in [1.54, 1.807) is 0 Å². The van der Waals surface area contributed by atoms with E-state index in [-0.39, 0.29) is 12.1 Å². The molecule has 0 bridgehead atoms. The number of hydrogen-bond donors (Lipinski definition) is 1. The van der Waals surface area contributed by atoms with Gasteiger partial charge in [0.1, 0.15) is 0 Å². The van der Waals surface area contributed by atoms with Crippen molar-refractivity contribution in [3.8, 4) is 0 Å². The van der Waals surface area contributed by atoms with Crippen LogP contribution in [0.4, 0.5) is 8.78 Å². The molecule has 2 nitrogen and oxygen atoms in total. The van der Waals surface area contributed by atoms with Gasteiger partial charge in [0.2, 0.25) is 0 Å². The number of halogens is 2. The first-order chi connectivity index (χ1) is 8.65. The summed E-state index contributed by atoms with van der Waals surface area (Å²) in [6, 6.07) is 0.302. The lowest BCUT2D eigenvalue weighted by molar-refractivity contribution is 0.00641. The molecule has 0 amide bonds. The third-order valence-electron chi connectivity index (χ3n) is 4.54. The Bertz CT molecular complexity index is 252. The van der Waals surface area contributed by atoms with Crippen LogP contribution in [0.15, 0.2) is 0 Å². The fraction of sp³-hybridized carbons (Fsp3) is 1.00. The van der Waals surface area contributed by atoms with Gasteiger partial charge in [-0.3, -0.25) is 4.90 Å². The van der Waals surface area contributed by atoms with Crippen LogP contribution < -0.4 is 5.32 Å². The zero-order valence-corrected chi connectivity index (χ0v) is 11.4. The Labute approximate surface area is 109 Å². The second-order valence-electron chi connectivity index (χ2n) is 5.98. The van der Waals surface area contributed by atoms with Crippen LogP contribution >= 0.6 is 0 Å². The third kappa shape index (κ3) is 3.41. The highest BCUT2D eigenvalue weighted by Gasteiger charge is 2.40. The van der Waals surface area contributed by atoms with Gasteiger partial charge in [0.15, 0.2) is 0 Å². The van der Waals surface area contributed by atoms with Gasteiger partial charge in [-0.2, -0.15) is 0 Å². The van der Waals surface area contributed by atoms with E-state index in [0.717, 1.165) is 38.8 Å². The summed E-state index contributed by atoms with van der Waals surface area (Å²) in [5.74, 6) is 0. The van der Waals surface area contributed by atoms with Crippen molar-refractivity contribution in [1.29, 1.82) is 0 Å². The normalized spacial score (nSPS) is 29.0. The van der Waals surface area contributed by atoms with Crippen molar-refractivity contribution in [3.05, 3.63) is 0 Å². The maximum atomic E-state index is 12.7. The summed E-state index contributed by atoms with van der Waals surface area (Å²) in [7, 11) is 0. The van der Waals surface area contributed by atoms with Crippen LogP contribution in [0.25, 0.3) is 0 Å². The topological polar surface area (TPSA) is 15.3 Å². The minimum absolute atomic E-state index is 0.0475. The summed E-state index contributed by atoms with van der Waals surface area (Å²) < 4.78 is 25.5. The number of nitrogens with zero attached hydrogens (tertiary/aromatic N) is 1. The van der Waals surface area contributed by atoms with Gasteiger partial charge >= 0.3 is 0 Å². The summed E-state index contributed by atoms with van der Waals surface area (Å²) in [4.78, 5) is 2.05. The molecule has 1 atom stereocenters. The average Bonchev–Trinajstić information content (AvgIpc) is 2.33. The summed E-state index contributed by atoms with van der Waals surface area (Å²) in [5, 5.41) is 3.69. The van der Waals surface area contributed by atoms with Gasteiger partial charge in [-0.25, -0.2) is 8.78 Å². The quantitative estimate of drug-likeness (QED) is 0.836. The molecule has 1 aliphatic heterocycles. The molecule has 18 heavy (non-hydrogen) atoms. The lowest BCUT2D eigenvalue weighted by Gasteiger charge is -2.49. The van der Waals surface area contributed by atoms with E-state index in [1.165, 1.54) is 19.3 Å². The summed E-state index contributed by atoms with van der Waals surface area (Å²) >= 11 is 0. The largest absolute Gasteiger partial charge is 0.308 e. The van der Waals surface area contributed by atoms with Crippen molar-refractivity contribution in [1.82, 2.24) is 10.2 Å². The van der Waals surface area contributed by atoms with E-state index in [0.29, 0.717) is 6.04 Å². The van der Waals surface area contributed by atoms with Crippen LogP contribution in [0, 0.1) is 0 Å². The van der Waals surface area contributed by atoms with Crippen LogP contribution in [-0.2, 0) is 0 Å². The van der Waals surface area contributed by atoms with E-state index >= 15 is 0 Å². The maximum Gasteiger partial charge on any atom is 0.251 e. The van der Waals surface area contributed by atoms with Crippen LogP contribution in [0.2, 0.25) is 0 Å². The Morgan fingerprint density at radius 3 is 2.61 bits per heavy atom. The van der Waals surface area contributed by atoms with Gasteiger partial charge in [-0.1, -0.05) is 32.6 Å². The Kier molecular flexibility index (Phi) is 4.96. The molecule has 106 valence electrons. The molecule has 0 aromatic heterocycles. The molecule has 0 aromatic rings. The minimum Gasteiger partial charge on any atom is -0.308 e. The first-order valence-corrected chi connectivity index (χ1v) is 7.42. The summed E-state index contributed by atoms with van der Waals surface area (Å²) in [5.41, 5.74) is 0.136. The molecular weight excluding hydrogens is 234 g/mol. The number of piperazine rings is 1. The highest BCUT2D eigenvalue weighted by molar-refractivity contribution is 4.99. The van der Waals surface area contributed by atoms with E-state index in [1.807, 2.05) is 0 Å². The lowest BCUT2D eigenvalue weighted by Crippen LogP contribution is -2.65. The van der Waals surface area contributed by atoms with Crippen LogP contribution in [0.3, 0.4) is 0 Å². The fourth-order valence-corrected chi connectivity index (χ4v) is 3.61. The first kappa shape index (κ1) is 14.2. The maximum absolute atomic E-state index is 12.7. The van der Waals surface area contributed by atoms with Crippen molar-refractivity contribution < 1.29 is 8.78 Å². The van der Waals surface area contributed by atoms with Gasteiger partial charge in [-0.05, 0) is 19.3 Å². The van der Waals surface area contributed by atoms with E-state index in [4.69, 9.17) is 0 Å². The van der Waals surface area contributed by atoms with Crippen LogP contribution in [0.1, 0.15) is 51.9 Å². The van der Waals surface area contributed by atoms with Crippen molar-refractivity contribution in [3.63, 3.8) is 0 Å². The molecule has 1 N–H and O–H groups in total. The predicted octanol–water partition coefficient (Wildman–Crippen LogP) is 3.03. The molecule has 1 saturated heterocycles. The standard InChI is InChI=1S/C14H26F2N2/c1-2-6-12-9-17-14(7-4-3-5-8-14)11-18(12)10-13(15)16/h12-13,17H,2-11H2,1H3. The van der Waals surface area contributed by atoms with Crippen molar-refractivity contribution in [2.24, 2.45) is 0 Å². The Balaban J connectivity index is 1.99. The van der Waals surface area contributed by atoms with Crippen LogP contribution in [-0.4, -0.2) is 42.5 Å². The molecule has 0 radical (unpaired) electrons. The minimum atomic E-state index is -2.21. The van der Waals surface area contributed by atoms with E-state index < -0.39 is 6.43 Å². The lowest BCUT2D eigenvalue weighted by atomic mass is 9.79. The van der Waals surface area contributed by atoms with Crippen molar-refractivity contribution in [2.75, 3.05) is 19.6 Å². The summed E-state index contributed by atoms with van der Waals surface area (Å²) in [6.07, 6.45) is 5.99. The highest BCUT2D eigenvalue weighted by Crippen LogP contribution is 2.32. The summed E-state index contributed by atoms with van der Waals surface area (Å²) in [6.45, 7) is 3.79. The highest BCUT2D eigenvalue weighted by atomic mass is 19.3. The number of nitrogens with one attached hydrogen (secondary N) is 1. The molecule has 1 spiro atoms. The predicted molar refractivity (Wildman–Crippen MR) is 70.1 cm³/mol. The number of hydrogen-bond acceptors (Lipinski definition) is 2. The van der Waals surface area contributed by atoms with Gasteiger partial charge in [0, 0.05) is 24.7 Å².